The summed E-state index contributed by atoms with van der Waals surface area (Å²) < 4.78 is 3.84. The van der Waals surface area contributed by atoms with Gasteiger partial charge in [-0.05, 0) is 38.3 Å². The Morgan fingerprint density at radius 2 is 1.77 bits per heavy atom. The first-order chi connectivity index (χ1) is 14.8. The molecule has 0 aliphatic heterocycles. The standard InChI is InChI=1S/C23H27N7O/c1-12(2)21(31)23-26-14(4)28-30(23)20-11-18(24-13(3)25-20)15-10-16(15)22-27-17-8-6-7-9-19(17)29(22)5/h6-9,11-12,15-16,21,31H,10H2,1-5H3/t15?,16-,21?/m1/s1. The van der Waals surface area contributed by atoms with E-state index in [4.69, 9.17) is 9.97 Å². The third-order valence-corrected chi connectivity index (χ3v) is 6.02. The molecule has 3 heterocycles. The van der Waals surface area contributed by atoms with Crippen LogP contribution in [-0.4, -0.2) is 39.4 Å². The molecule has 160 valence electrons. The molecule has 0 saturated heterocycles. The van der Waals surface area contributed by atoms with Crippen LogP contribution in [-0.2, 0) is 7.05 Å². The molecule has 1 aliphatic carbocycles. The second-order valence-corrected chi connectivity index (χ2v) is 8.78. The van der Waals surface area contributed by atoms with Crippen molar-refractivity contribution in [3.63, 3.8) is 0 Å². The summed E-state index contributed by atoms with van der Waals surface area (Å²) in [5, 5.41) is 15.1. The van der Waals surface area contributed by atoms with Crippen LogP contribution in [0.1, 0.15) is 67.2 Å². The quantitative estimate of drug-likeness (QED) is 0.534. The van der Waals surface area contributed by atoms with Crippen LogP contribution in [0.3, 0.4) is 0 Å². The average molecular weight is 418 g/mol. The van der Waals surface area contributed by atoms with Crippen molar-refractivity contribution < 1.29 is 5.11 Å². The van der Waals surface area contributed by atoms with Crippen molar-refractivity contribution >= 4 is 11.0 Å². The van der Waals surface area contributed by atoms with Crippen LogP contribution in [0, 0.1) is 19.8 Å². The number of aliphatic hydroxyl groups is 1. The van der Waals surface area contributed by atoms with Gasteiger partial charge in [0.15, 0.2) is 11.6 Å². The molecule has 0 spiro atoms. The van der Waals surface area contributed by atoms with Gasteiger partial charge < -0.3 is 9.67 Å². The normalized spacial score (nSPS) is 19.3. The van der Waals surface area contributed by atoms with E-state index < -0.39 is 6.10 Å². The van der Waals surface area contributed by atoms with Crippen LogP contribution in [0.25, 0.3) is 16.9 Å². The fourth-order valence-corrected chi connectivity index (χ4v) is 4.27. The fourth-order valence-electron chi connectivity index (χ4n) is 4.27. The Hall–Kier alpha value is -3.13. The third-order valence-electron chi connectivity index (χ3n) is 6.02. The van der Waals surface area contributed by atoms with Crippen LogP contribution in [0.4, 0.5) is 0 Å². The van der Waals surface area contributed by atoms with E-state index in [-0.39, 0.29) is 5.92 Å². The van der Waals surface area contributed by atoms with E-state index in [1.165, 1.54) is 0 Å². The molecule has 0 amide bonds. The largest absolute Gasteiger partial charge is 0.385 e. The van der Waals surface area contributed by atoms with Gasteiger partial charge in [-0.15, -0.1) is 5.10 Å². The maximum absolute atomic E-state index is 10.6. The van der Waals surface area contributed by atoms with Gasteiger partial charge in [0.25, 0.3) is 0 Å². The fraction of sp³-hybridized carbons (Fsp3) is 0.435. The van der Waals surface area contributed by atoms with Crippen LogP contribution < -0.4 is 0 Å². The van der Waals surface area contributed by atoms with Crippen molar-refractivity contribution in [2.45, 2.75) is 52.1 Å². The molecule has 3 aromatic heterocycles. The molecule has 1 aliphatic rings. The number of aromatic nitrogens is 7. The van der Waals surface area contributed by atoms with Crippen molar-refractivity contribution in [2.75, 3.05) is 0 Å². The second kappa shape index (κ2) is 7.23. The number of para-hydroxylation sites is 2. The number of rotatable bonds is 5. The van der Waals surface area contributed by atoms with Crippen LogP contribution >= 0.6 is 0 Å². The number of aliphatic hydroxyl groups excluding tert-OH is 1. The lowest BCUT2D eigenvalue weighted by Crippen LogP contribution is -2.15. The van der Waals surface area contributed by atoms with E-state index in [9.17, 15) is 5.11 Å². The molecule has 1 N–H and O–H groups in total. The zero-order valence-corrected chi connectivity index (χ0v) is 18.5. The summed E-state index contributed by atoms with van der Waals surface area (Å²) in [5.74, 6) is 4.19. The zero-order chi connectivity index (χ0) is 21.9. The third kappa shape index (κ3) is 3.40. The van der Waals surface area contributed by atoms with Gasteiger partial charge in [-0.25, -0.2) is 19.9 Å². The first kappa shape index (κ1) is 19.8. The van der Waals surface area contributed by atoms with E-state index in [1.807, 2.05) is 45.9 Å². The summed E-state index contributed by atoms with van der Waals surface area (Å²) in [4.78, 5) is 18.6. The maximum atomic E-state index is 10.6. The highest BCUT2D eigenvalue weighted by Gasteiger charge is 2.44. The Morgan fingerprint density at radius 3 is 2.52 bits per heavy atom. The first-order valence-electron chi connectivity index (χ1n) is 10.7. The minimum Gasteiger partial charge on any atom is -0.385 e. The molecule has 1 fully saturated rings. The molecule has 8 heteroatoms. The number of imidazole rings is 1. The monoisotopic (exact) mass is 417 g/mol. The highest BCUT2D eigenvalue weighted by atomic mass is 16.3. The summed E-state index contributed by atoms with van der Waals surface area (Å²) in [6.07, 6.45) is 0.291. The minimum atomic E-state index is -0.714. The minimum absolute atomic E-state index is 0.0233. The SMILES string of the molecule is Cc1nc(C2C[C@H]2c2nc3ccccc3n2C)cc(-n2nc(C)nc2C(O)C(C)C)n1. The van der Waals surface area contributed by atoms with Crippen molar-refractivity contribution in [1.29, 1.82) is 0 Å². The molecule has 5 rings (SSSR count). The molecule has 3 atom stereocenters. The molecule has 2 unspecified atom stereocenters. The molecule has 8 nitrogen and oxygen atoms in total. The Morgan fingerprint density at radius 1 is 1.00 bits per heavy atom. The lowest BCUT2D eigenvalue weighted by Gasteiger charge is -2.15. The van der Waals surface area contributed by atoms with E-state index >= 15 is 0 Å². The van der Waals surface area contributed by atoms with Gasteiger partial charge in [0.1, 0.15) is 23.6 Å². The van der Waals surface area contributed by atoms with Crippen molar-refractivity contribution in [1.82, 2.24) is 34.3 Å². The van der Waals surface area contributed by atoms with Gasteiger partial charge in [0.05, 0.1) is 16.7 Å². The van der Waals surface area contributed by atoms with Crippen LogP contribution in [0.15, 0.2) is 30.3 Å². The highest BCUT2D eigenvalue weighted by molar-refractivity contribution is 5.76. The van der Waals surface area contributed by atoms with Gasteiger partial charge >= 0.3 is 0 Å². The molecule has 1 aromatic carbocycles. The smallest absolute Gasteiger partial charge is 0.163 e. The molecular weight excluding hydrogens is 390 g/mol. The molecule has 0 radical (unpaired) electrons. The number of nitrogens with zero attached hydrogens (tertiary/aromatic N) is 7. The van der Waals surface area contributed by atoms with E-state index in [0.29, 0.717) is 35.1 Å². The summed E-state index contributed by atoms with van der Waals surface area (Å²) >= 11 is 0. The Bertz CT molecular complexity index is 1270. The van der Waals surface area contributed by atoms with E-state index in [1.54, 1.807) is 4.68 Å². The van der Waals surface area contributed by atoms with Crippen LogP contribution in [0.2, 0.25) is 0 Å². The van der Waals surface area contributed by atoms with Crippen molar-refractivity contribution in [2.24, 2.45) is 13.0 Å². The summed E-state index contributed by atoms with van der Waals surface area (Å²) in [5.41, 5.74) is 3.15. The lowest BCUT2D eigenvalue weighted by molar-refractivity contribution is 0.115. The first-order valence-corrected chi connectivity index (χ1v) is 10.7. The number of hydrogen-bond acceptors (Lipinski definition) is 6. The Labute approximate surface area is 181 Å². The van der Waals surface area contributed by atoms with Gasteiger partial charge in [-0.2, -0.15) is 4.68 Å². The highest BCUT2D eigenvalue weighted by Crippen LogP contribution is 2.54. The number of hydrogen-bond donors (Lipinski definition) is 1. The number of aryl methyl sites for hydroxylation is 3. The van der Waals surface area contributed by atoms with Crippen molar-refractivity contribution in [3.8, 4) is 5.82 Å². The lowest BCUT2D eigenvalue weighted by atomic mass is 10.1. The number of benzene rings is 1. The van der Waals surface area contributed by atoms with E-state index in [0.717, 1.165) is 29.0 Å². The Balaban J connectivity index is 1.50. The topological polar surface area (TPSA) is 94.5 Å². The van der Waals surface area contributed by atoms with Gasteiger partial charge in [-0.3, -0.25) is 0 Å². The van der Waals surface area contributed by atoms with E-state index in [2.05, 4.69) is 38.8 Å². The predicted octanol–water partition coefficient (Wildman–Crippen LogP) is 3.52. The maximum Gasteiger partial charge on any atom is 0.163 e. The summed E-state index contributed by atoms with van der Waals surface area (Å²) in [6.45, 7) is 7.63. The molecule has 31 heavy (non-hydrogen) atoms. The molecular formula is C23H27N7O. The van der Waals surface area contributed by atoms with Gasteiger partial charge in [0, 0.05) is 24.9 Å². The molecule has 1 saturated carbocycles. The zero-order valence-electron chi connectivity index (χ0n) is 18.5. The van der Waals surface area contributed by atoms with Crippen LogP contribution in [0.5, 0.6) is 0 Å². The molecule has 4 aromatic rings. The number of fused-ring (bicyclic) bond motifs is 1. The van der Waals surface area contributed by atoms with Crippen molar-refractivity contribution in [3.05, 3.63) is 59.3 Å². The summed E-state index contributed by atoms with van der Waals surface area (Å²) in [6, 6.07) is 10.2. The average Bonchev–Trinajstić information content (AvgIpc) is 3.34. The summed E-state index contributed by atoms with van der Waals surface area (Å²) in [7, 11) is 2.08. The predicted molar refractivity (Wildman–Crippen MR) is 117 cm³/mol. The second-order valence-electron chi connectivity index (χ2n) is 8.78. The van der Waals surface area contributed by atoms with Gasteiger partial charge in [0.2, 0.25) is 0 Å². The molecule has 0 bridgehead atoms. The van der Waals surface area contributed by atoms with Gasteiger partial charge in [-0.1, -0.05) is 26.0 Å². The Kier molecular flexibility index (Phi) is 4.62.